The number of carbonyl (C=O) groups is 1. The van der Waals surface area contributed by atoms with Crippen molar-refractivity contribution in [1.29, 1.82) is 0 Å². The molecule has 1 aromatic carbocycles. The van der Waals surface area contributed by atoms with Gasteiger partial charge in [0.15, 0.2) is 0 Å². The zero-order valence-corrected chi connectivity index (χ0v) is 11.3. The van der Waals surface area contributed by atoms with Crippen LogP contribution in [-0.2, 0) is 0 Å². The van der Waals surface area contributed by atoms with Crippen molar-refractivity contribution < 1.29 is 14.3 Å². The number of aromatic carboxylic acids is 1. The van der Waals surface area contributed by atoms with Crippen LogP contribution < -0.4 is 10.6 Å². The first kappa shape index (κ1) is 15.7. The maximum absolute atomic E-state index is 13.2. The van der Waals surface area contributed by atoms with Crippen molar-refractivity contribution in [2.24, 2.45) is 5.92 Å². The highest BCUT2D eigenvalue weighted by Crippen LogP contribution is 2.17. The summed E-state index contributed by atoms with van der Waals surface area (Å²) in [6.45, 7) is 2.85. The van der Waals surface area contributed by atoms with Gasteiger partial charge in [0.05, 0.1) is 5.56 Å². The molecule has 0 spiro atoms. The van der Waals surface area contributed by atoms with Crippen LogP contribution in [-0.4, -0.2) is 30.7 Å². The summed E-state index contributed by atoms with van der Waals surface area (Å²) in [5, 5.41) is 15.3. The summed E-state index contributed by atoms with van der Waals surface area (Å²) < 4.78 is 13.2. The van der Waals surface area contributed by atoms with Crippen LogP contribution in [0.5, 0.6) is 0 Å². The summed E-state index contributed by atoms with van der Waals surface area (Å²) in [5.41, 5.74) is 0.373. The highest BCUT2D eigenvalue weighted by atomic mass is 35.5. The van der Waals surface area contributed by atoms with E-state index in [0.717, 1.165) is 32.5 Å². The largest absolute Gasteiger partial charge is 0.478 e. The molecule has 106 valence electrons. The summed E-state index contributed by atoms with van der Waals surface area (Å²) in [6.07, 6.45) is 2.22. The molecule has 1 aromatic rings. The zero-order chi connectivity index (χ0) is 13.0. The number of halogens is 2. The van der Waals surface area contributed by atoms with Crippen LogP contribution in [0.25, 0.3) is 0 Å². The number of hydrogen-bond acceptors (Lipinski definition) is 3. The first-order valence-corrected chi connectivity index (χ1v) is 6.14. The molecule has 1 saturated heterocycles. The van der Waals surface area contributed by atoms with Crippen LogP contribution in [0.4, 0.5) is 10.1 Å². The van der Waals surface area contributed by atoms with Crippen molar-refractivity contribution in [1.82, 2.24) is 5.32 Å². The molecule has 0 bridgehead atoms. The maximum atomic E-state index is 13.2. The van der Waals surface area contributed by atoms with Gasteiger partial charge in [-0.25, -0.2) is 9.18 Å². The molecule has 6 heteroatoms. The molecule has 19 heavy (non-hydrogen) atoms. The highest BCUT2D eigenvalue weighted by Gasteiger charge is 2.14. The molecule has 0 unspecified atom stereocenters. The molecular formula is C13H18ClFN2O2. The minimum absolute atomic E-state index is 0. The van der Waals surface area contributed by atoms with Crippen LogP contribution in [0, 0.1) is 11.7 Å². The lowest BCUT2D eigenvalue weighted by atomic mass is 9.98. The second-order valence-electron chi connectivity index (χ2n) is 4.57. The number of hydrogen-bond donors (Lipinski definition) is 3. The van der Waals surface area contributed by atoms with E-state index in [9.17, 15) is 9.18 Å². The molecule has 0 saturated carbocycles. The Hall–Kier alpha value is -1.33. The summed E-state index contributed by atoms with van der Waals surface area (Å²) in [6, 6.07) is 4.11. The van der Waals surface area contributed by atoms with Gasteiger partial charge in [-0.2, -0.15) is 0 Å². The fourth-order valence-electron chi connectivity index (χ4n) is 2.15. The Kier molecular flexibility index (Phi) is 6.05. The van der Waals surface area contributed by atoms with E-state index in [1.807, 2.05) is 0 Å². The van der Waals surface area contributed by atoms with Gasteiger partial charge in [-0.3, -0.25) is 0 Å². The van der Waals surface area contributed by atoms with E-state index >= 15 is 0 Å². The average Bonchev–Trinajstić information content (AvgIpc) is 2.38. The lowest BCUT2D eigenvalue weighted by molar-refractivity contribution is 0.0692. The molecular weight excluding hydrogens is 271 g/mol. The molecule has 4 nitrogen and oxygen atoms in total. The van der Waals surface area contributed by atoms with Gasteiger partial charge in [-0.05, 0) is 50.0 Å². The quantitative estimate of drug-likeness (QED) is 0.796. The van der Waals surface area contributed by atoms with Gasteiger partial charge in [0.2, 0.25) is 0 Å². The summed E-state index contributed by atoms with van der Waals surface area (Å²) in [7, 11) is 0. The van der Waals surface area contributed by atoms with Gasteiger partial charge in [-0.15, -0.1) is 12.4 Å². The third-order valence-electron chi connectivity index (χ3n) is 3.25. The Balaban J connectivity index is 0.00000180. The SMILES string of the molecule is Cl.O=C(O)c1cc(NCC2CCNCC2)ccc1F. The third-order valence-corrected chi connectivity index (χ3v) is 3.25. The minimum atomic E-state index is -1.24. The first-order valence-electron chi connectivity index (χ1n) is 6.14. The van der Waals surface area contributed by atoms with E-state index in [1.54, 1.807) is 6.07 Å². The summed E-state index contributed by atoms with van der Waals surface area (Å²) >= 11 is 0. The summed E-state index contributed by atoms with van der Waals surface area (Å²) in [4.78, 5) is 10.8. The molecule has 1 aliphatic heterocycles. The topological polar surface area (TPSA) is 61.4 Å². The third kappa shape index (κ3) is 4.36. The number of nitrogens with one attached hydrogen (secondary N) is 2. The molecule has 1 aliphatic rings. The van der Waals surface area contributed by atoms with Crippen molar-refractivity contribution in [2.45, 2.75) is 12.8 Å². The standard InChI is InChI=1S/C13H17FN2O2.ClH/c14-12-2-1-10(7-11(12)13(17)18)16-8-9-3-5-15-6-4-9;/h1-2,7,9,15-16H,3-6,8H2,(H,17,18);1H. The van der Waals surface area contributed by atoms with Gasteiger partial charge in [-0.1, -0.05) is 0 Å². The smallest absolute Gasteiger partial charge is 0.338 e. The Morgan fingerprint density at radius 1 is 1.42 bits per heavy atom. The van der Waals surface area contributed by atoms with Crippen LogP contribution in [0.1, 0.15) is 23.2 Å². The number of anilines is 1. The minimum Gasteiger partial charge on any atom is -0.478 e. The molecule has 0 amide bonds. The van der Waals surface area contributed by atoms with E-state index in [0.29, 0.717) is 11.6 Å². The van der Waals surface area contributed by atoms with E-state index in [1.165, 1.54) is 12.1 Å². The number of carboxylic acid groups (broad SMARTS) is 1. The van der Waals surface area contributed by atoms with E-state index in [4.69, 9.17) is 5.11 Å². The molecule has 3 N–H and O–H groups in total. The van der Waals surface area contributed by atoms with E-state index < -0.39 is 11.8 Å². The highest BCUT2D eigenvalue weighted by molar-refractivity contribution is 5.89. The Morgan fingerprint density at radius 3 is 2.74 bits per heavy atom. The molecule has 0 aliphatic carbocycles. The second kappa shape index (κ2) is 7.31. The summed E-state index contributed by atoms with van der Waals surface area (Å²) in [5.74, 6) is -1.35. The lowest BCUT2D eigenvalue weighted by Gasteiger charge is -2.23. The van der Waals surface area contributed by atoms with Crippen molar-refractivity contribution in [3.05, 3.63) is 29.6 Å². The van der Waals surface area contributed by atoms with Crippen molar-refractivity contribution in [3.63, 3.8) is 0 Å². The Morgan fingerprint density at radius 2 is 2.11 bits per heavy atom. The average molecular weight is 289 g/mol. The number of benzene rings is 1. The van der Waals surface area contributed by atoms with Crippen LogP contribution in [0.15, 0.2) is 18.2 Å². The van der Waals surface area contributed by atoms with Gasteiger partial charge in [0.25, 0.3) is 0 Å². The Labute approximate surface area is 117 Å². The fourth-order valence-corrected chi connectivity index (χ4v) is 2.15. The van der Waals surface area contributed by atoms with Gasteiger partial charge in [0, 0.05) is 12.2 Å². The predicted molar refractivity (Wildman–Crippen MR) is 74.7 cm³/mol. The van der Waals surface area contributed by atoms with E-state index in [2.05, 4.69) is 10.6 Å². The van der Waals surface area contributed by atoms with Crippen molar-refractivity contribution >= 4 is 24.1 Å². The fraction of sp³-hybridized carbons (Fsp3) is 0.462. The van der Waals surface area contributed by atoms with E-state index in [-0.39, 0.29) is 18.0 Å². The van der Waals surface area contributed by atoms with Gasteiger partial charge >= 0.3 is 5.97 Å². The molecule has 0 aromatic heterocycles. The normalized spacial score (nSPS) is 15.6. The second-order valence-corrected chi connectivity index (χ2v) is 4.57. The van der Waals surface area contributed by atoms with Crippen LogP contribution >= 0.6 is 12.4 Å². The number of piperidine rings is 1. The molecule has 0 radical (unpaired) electrons. The van der Waals surface area contributed by atoms with Gasteiger partial charge < -0.3 is 15.7 Å². The zero-order valence-electron chi connectivity index (χ0n) is 10.5. The monoisotopic (exact) mass is 288 g/mol. The number of rotatable bonds is 4. The predicted octanol–water partition coefficient (Wildman–Crippen LogP) is 2.36. The van der Waals surface area contributed by atoms with Crippen LogP contribution in [0.2, 0.25) is 0 Å². The first-order chi connectivity index (χ1) is 8.66. The molecule has 0 atom stereocenters. The Bertz CT molecular complexity index is 437. The molecule has 1 heterocycles. The lowest BCUT2D eigenvalue weighted by Crippen LogP contribution is -2.31. The van der Waals surface area contributed by atoms with Crippen molar-refractivity contribution in [3.8, 4) is 0 Å². The number of carboxylic acids is 1. The van der Waals surface area contributed by atoms with Crippen molar-refractivity contribution in [2.75, 3.05) is 25.0 Å². The maximum Gasteiger partial charge on any atom is 0.338 e. The molecule has 1 fully saturated rings. The molecule has 2 rings (SSSR count). The van der Waals surface area contributed by atoms with Crippen LogP contribution in [0.3, 0.4) is 0 Å². The van der Waals surface area contributed by atoms with Gasteiger partial charge in [0.1, 0.15) is 5.82 Å².